The molecule has 0 saturated carbocycles. The molecule has 0 spiro atoms. The fourth-order valence-corrected chi connectivity index (χ4v) is 5.42. The molecule has 0 aromatic heterocycles. The number of hydrogen-bond donors (Lipinski definition) is 0. The topological polar surface area (TPSA) is 137 Å². The standard InChI is InChI=1S/C44H86O14/c1-3-5-6-7-8-9-10-11-12-13-14-15-16-17-18-19-44(45)58-43-42-57-41-40-56-39-38-55-37-36-54-35-34-53-33-32-52-31-30-51-29-28-50-27-26-49-25-24-48-23-22-47-21-20-46-4-2/h4H,2-3,5-43H2,1H3. The lowest BCUT2D eigenvalue weighted by Crippen LogP contribution is -2.15. The van der Waals surface area contributed by atoms with Crippen LogP contribution in [0.15, 0.2) is 12.8 Å². The van der Waals surface area contributed by atoms with Crippen LogP contribution >= 0.6 is 0 Å². The Bertz CT molecular complexity index is 779. The molecule has 0 rings (SSSR count). The van der Waals surface area contributed by atoms with E-state index >= 15 is 0 Å². The van der Waals surface area contributed by atoms with Crippen LogP contribution in [0.2, 0.25) is 0 Å². The van der Waals surface area contributed by atoms with E-state index in [0.29, 0.717) is 158 Å². The number of esters is 1. The first-order valence-electron chi connectivity index (χ1n) is 22.5. The highest BCUT2D eigenvalue weighted by Crippen LogP contribution is 2.14. The zero-order chi connectivity index (χ0) is 41.8. The summed E-state index contributed by atoms with van der Waals surface area (Å²) in [5, 5.41) is 0. The Labute approximate surface area is 352 Å². The number of unbranched alkanes of at least 4 members (excludes halogenated alkanes) is 14. The Morgan fingerprint density at radius 3 is 0.810 bits per heavy atom. The van der Waals surface area contributed by atoms with Gasteiger partial charge in [-0.05, 0) is 6.42 Å². The monoisotopic (exact) mass is 839 g/mol. The minimum atomic E-state index is -0.132. The third-order valence-corrected chi connectivity index (χ3v) is 8.66. The summed E-state index contributed by atoms with van der Waals surface area (Å²) in [6.45, 7) is 17.4. The van der Waals surface area contributed by atoms with E-state index in [1.807, 2.05) is 0 Å². The molecule has 0 fully saturated rings. The minimum Gasteiger partial charge on any atom is -0.499 e. The van der Waals surface area contributed by atoms with Crippen LogP contribution < -0.4 is 0 Å². The van der Waals surface area contributed by atoms with E-state index in [1.54, 1.807) is 0 Å². The molecule has 14 heteroatoms. The van der Waals surface area contributed by atoms with Gasteiger partial charge in [0.25, 0.3) is 0 Å². The molecule has 0 aromatic rings. The van der Waals surface area contributed by atoms with E-state index in [4.69, 9.17) is 61.6 Å². The van der Waals surface area contributed by atoms with Crippen molar-refractivity contribution in [2.75, 3.05) is 159 Å². The molecule has 14 nitrogen and oxygen atoms in total. The average Bonchev–Trinajstić information content (AvgIpc) is 3.23. The van der Waals surface area contributed by atoms with Gasteiger partial charge in [-0.3, -0.25) is 4.79 Å². The lowest BCUT2D eigenvalue weighted by molar-refractivity contribution is -0.145. The fraction of sp³-hybridized carbons (Fsp3) is 0.932. The average molecular weight is 839 g/mol. The van der Waals surface area contributed by atoms with Crippen LogP contribution in [0.5, 0.6) is 0 Å². The van der Waals surface area contributed by atoms with Crippen LogP contribution in [0, 0.1) is 0 Å². The maximum Gasteiger partial charge on any atom is 0.305 e. The number of carbonyl (C=O) groups excluding carboxylic acids is 1. The van der Waals surface area contributed by atoms with E-state index in [1.165, 1.54) is 89.7 Å². The van der Waals surface area contributed by atoms with Gasteiger partial charge in [-0.1, -0.05) is 103 Å². The van der Waals surface area contributed by atoms with Crippen molar-refractivity contribution in [3.05, 3.63) is 12.8 Å². The Kier molecular flexibility index (Phi) is 52.3. The molecule has 0 radical (unpaired) electrons. The third-order valence-electron chi connectivity index (χ3n) is 8.66. The highest BCUT2D eigenvalue weighted by atomic mass is 16.6. The zero-order valence-electron chi connectivity index (χ0n) is 36.8. The summed E-state index contributed by atoms with van der Waals surface area (Å²) >= 11 is 0. The largest absolute Gasteiger partial charge is 0.499 e. The molecule has 0 aromatic carbocycles. The molecule has 0 bridgehead atoms. The van der Waals surface area contributed by atoms with E-state index in [-0.39, 0.29) is 12.6 Å². The fourth-order valence-electron chi connectivity index (χ4n) is 5.42. The molecule has 0 amide bonds. The van der Waals surface area contributed by atoms with Crippen molar-refractivity contribution in [1.82, 2.24) is 0 Å². The zero-order valence-corrected chi connectivity index (χ0v) is 36.8. The maximum atomic E-state index is 11.9. The second-order valence-corrected chi connectivity index (χ2v) is 13.7. The van der Waals surface area contributed by atoms with Gasteiger partial charge in [-0.15, -0.1) is 0 Å². The molecule has 0 aliphatic rings. The maximum absolute atomic E-state index is 11.9. The molecule has 346 valence electrons. The highest BCUT2D eigenvalue weighted by molar-refractivity contribution is 5.69. The molecular formula is C44H86O14. The molecule has 0 atom stereocenters. The van der Waals surface area contributed by atoms with E-state index in [2.05, 4.69) is 13.5 Å². The second-order valence-electron chi connectivity index (χ2n) is 13.7. The molecule has 0 aliphatic carbocycles. The summed E-state index contributed by atoms with van der Waals surface area (Å²) in [6.07, 6.45) is 21.6. The van der Waals surface area contributed by atoms with Crippen molar-refractivity contribution in [1.29, 1.82) is 0 Å². The van der Waals surface area contributed by atoms with Crippen LogP contribution in [0.4, 0.5) is 0 Å². The predicted octanol–water partition coefficient (Wildman–Crippen LogP) is 7.13. The van der Waals surface area contributed by atoms with E-state index in [0.717, 1.165) is 12.8 Å². The lowest BCUT2D eigenvalue weighted by atomic mass is 10.0. The van der Waals surface area contributed by atoms with Gasteiger partial charge in [0.1, 0.15) is 13.2 Å². The van der Waals surface area contributed by atoms with Crippen molar-refractivity contribution >= 4 is 5.97 Å². The van der Waals surface area contributed by atoms with Gasteiger partial charge in [0.15, 0.2) is 0 Å². The summed E-state index contributed by atoms with van der Waals surface area (Å²) in [7, 11) is 0. The number of rotatable bonds is 53. The predicted molar refractivity (Wildman–Crippen MR) is 226 cm³/mol. The Hall–Kier alpha value is -1.43. The number of hydrogen-bond acceptors (Lipinski definition) is 14. The molecule has 0 heterocycles. The number of ether oxygens (including phenoxy) is 13. The minimum absolute atomic E-state index is 0.132. The van der Waals surface area contributed by atoms with Crippen LogP contribution in [-0.2, 0) is 66.4 Å². The number of carbonyl (C=O) groups is 1. The molecule has 58 heavy (non-hydrogen) atoms. The normalized spacial score (nSPS) is 11.4. The van der Waals surface area contributed by atoms with Gasteiger partial charge < -0.3 is 61.6 Å². The second kappa shape index (κ2) is 53.6. The molecule has 0 unspecified atom stereocenters. The summed E-state index contributed by atoms with van der Waals surface area (Å²) in [5.74, 6) is -0.132. The quantitative estimate of drug-likeness (QED) is 0.0349. The first-order chi connectivity index (χ1) is 28.8. The van der Waals surface area contributed by atoms with E-state index in [9.17, 15) is 4.79 Å². The summed E-state index contributed by atoms with van der Waals surface area (Å²) in [5.41, 5.74) is 0. The van der Waals surface area contributed by atoms with Crippen LogP contribution in [-0.4, -0.2) is 165 Å². The van der Waals surface area contributed by atoms with Crippen LogP contribution in [0.1, 0.15) is 110 Å². The SMILES string of the molecule is C=COCCOCCOCCOCCOCCOCCOCCOCCOCCOCCOCCOCCOC(=O)CCCCCCCCCCCCCCCCC. The van der Waals surface area contributed by atoms with Crippen LogP contribution in [0.25, 0.3) is 0 Å². The summed E-state index contributed by atoms with van der Waals surface area (Å²) < 4.78 is 70.4. The summed E-state index contributed by atoms with van der Waals surface area (Å²) in [6, 6.07) is 0. The first-order valence-corrected chi connectivity index (χ1v) is 22.5. The lowest BCUT2D eigenvalue weighted by Gasteiger charge is -2.09. The first kappa shape index (κ1) is 56.6. The van der Waals surface area contributed by atoms with E-state index < -0.39 is 0 Å². The van der Waals surface area contributed by atoms with Crippen molar-refractivity contribution < 1.29 is 66.4 Å². The molecular weight excluding hydrogens is 752 g/mol. The van der Waals surface area contributed by atoms with Crippen molar-refractivity contribution in [3.8, 4) is 0 Å². The molecule has 0 aliphatic heterocycles. The molecule has 0 saturated heterocycles. The van der Waals surface area contributed by atoms with Gasteiger partial charge in [-0.2, -0.15) is 0 Å². The Morgan fingerprint density at radius 1 is 0.328 bits per heavy atom. The molecule has 0 N–H and O–H groups in total. The van der Waals surface area contributed by atoms with Gasteiger partial charge >= 0.3 is 5.97 Å². The smallest absolute Gasteiger partial charge is 0.305 e. The third kappa shape index (κ3) is 52.6. The Morgan fingerprint density at radius 2 is 0.552 bits per heavy atom. The Balaban J connectivity index is 3.12. The van der Waals surface area contributed by atoms with Crippen molar-refractivity contribution in [2.45, 2.75) is 110 Å². The van der Waals surface area contributed by atoms with Gasteiger partial charge in [-0.25, -0.2) is 0 Å². The van der Waals surface area contributed by atoms with Gasteiger partial charge in [0, 0.05) is 6.42 Å². The van der Waals surface area contributed by atoms with Crippen molar-refractivity contribution in [3.63, 3.8) is 0 Å². The summed E-state index contributed by atoms with van der Waals surface area (Å²) in [4.78, 5) is 11.9. The van der Waals surface area contributed by atoms with Crippen molar-refractivity contribution in [2.24, 2.45) is 0 Å². The van der Waals surface area contributed by atoms with Crippen LogP contribution in [0.3, 0.4) is 0 Å². The van der Waals surface area contributed by atoms with Gasteiger partial charge in [0.05, 0.1) is 152 Å². The highest BCUT2D eigenvalue weighted by Gasteiger charge is 2.03. The van der Waals surface area contributed by atoms with Gasteiger partial charge in [0.2, 0.25) is 0 Å².